The Morgan fingerprint density at radius 2 is 1.86 bits per heavy atom. The maximum Gasteiger partial charge on any atom is 0.221 e. The summed E-state index contributed by atoms with van der Waals surface area (Å²) in [7, 11) is 0. The molecule has 0 saturated heterocycles. The van der Waals surface area contributed by atoms with E-state index in [1.165, 1.54) is 30.4 Å². The minimum atomic E-state index is -0.136. The highest BCUT2D eigenvalue weighted by Crippen LogP contribution is 2.28. The Hall–Kier alpha value is -2.58. The molecule has 1 amide bonds. The molecule has 2 aromatic carbocycles. The number of aryl methyl sites for hydroxylation is 1. The van der Waals surface area contributed by atoms with Crippen LogP contribution in [0.4, 0.5) is 5.69 Å². The summed E-state index contributed by atoms with van der Waals surface area (Å²) in [6, 6.07) is 15.4. The second-order valence-corrected chi connectivity index (χ2v) is 8.20. The van der Waals surface area contributed by atoms with Gasteiger partial charge in [0.25, 0.3) is 0 Å². The summed E-state index contributed by atoms with van der Waals surface area (Å²) in [5.74, 6) is 0.947. The van der Waals surface area contributed by atoms with E-state index >= 15 is 0 Å². The van der Waals surface area contributed by atoms with E-state index in [4.69, 9.17) is 0 Å². The number of anilines is 1. The topological polar surface area (TPSA) is 76.9 Å². The van der Waals surface area contributed by atoms with E-state index in [0.717, 1.165) is 21.4 Å². The molecule has 0 unspecified atom stereocenters. The molecular weight excluding hydrogens is 404 g/mol. The summed E-state index contributed by atoms with van der Waals surface area (Å²) in [4.78, 5) is 24.9. The SMILES string of the molecule is CSc1cc(C(=O)CSc2nnc(C)n2Cc2ccccc2)ccc1NC(C)=O. The largest absolute Gasteiger partial charge is 0.325 e. The second kappa shape index (κ2) is 9.76. The average molecular weight is 427 g/mol. The van der Waals surface area contributed by atoms with Gasteiger partial charge in [-0.3, -0.25) is 9.59 Å². The second-order valence-electron chi connectivity index (χ2n) is 6.41. The Bertz CT molecular complexity index is 1020. The lowest BCUT2D eigenvalue weighted by atomic mass is 10.1. The summed E-state index contributed by atoms with van der Waals surface area (Å²) in [5, 5.41) is 11.9. The Balaban J connectivity index is 1.70. The highest BCUT2D eigenvalue weighted by molar-refractivity contribution is 7.99. The third-order valence-corrected chi connectivity index (χ3v) is 6.00. The van der Waals surface area contributed by atoms with Crippen molar-refractivity contribution in [1.82, 2.24) is 14.8 Å². The van der Waals surface area contributed by atoms with Gasteiger partial charge in [0.2, 0.25) is 5.91 Å². The smallest absolute Gasteiger partial charge is 0.221 e. The third kappa shape index (κ3) is 5.48. The van der Waals surface area contributed by atoms with Crippen molar-refractivity contribution in [2.24, 2.45) is 0 Å². The number of aromatic nitrogens is 3. The fourth-order valence-corrected chi connectivity index (χ4v) is 4.25. The van der Waals surface area contributed by atoms with Crippen molar-refractivity contribution in [2.75, 3.05) is 17.3 Å². The summed E-state index contributed by atoms with van der Waals surface area (Å²) in [6.45, 7) is 4.04. The first-order valence-corrected chi connectivity index (χ1v) is 11.2. The molecule has 0 aliphatic heterocycles. The molecule has 0 radical (unpaired) electrons. The summed E-state index contributed by atoms with van der Waals surface area (Å²) >= 11 is 2.87. The lowest BCUT2D eigenvalue weighted by Gasteiger charge is -2.10. The summed E-state index contributed by atoms with van der Waals surface area (Å²) in [5.41, 5.74) is 2.48. The molecule has 0 bridgehead atoms. The van der Waals surface area contributed by atoms with Crippen LogP contribution in [0, 0.1) is 6.92 Å². The van der Waals surface area contributed by atoms with Crippen molar-refractivity contribution in [3.63, 3.8) is 0 Å². The van der Waals surface area contributed by atoms with Crippen LogP contribution in [0.1, 0.15) is 28.7 Å². The predicted octanol–water partition coefficient (Wildman–Crippen LogP) is 4.29. The van der Waals surface area contributed by atoms with Crippen LogP contribution in [0.2, 0.25) is 0 Å². The molecule has 3 aromatic rings. The van der Waals surface area contributed by atoms with Gasteiger partial charge in [-0.15, -0.1) is 22.0 Å². The van der Waals surface area contributed by atoms with E-state index in [-0.39, 0.29) is 17.4 Å². The van der Waals surface area contributed by atoms with Crippen molar-refractivity contribution in [3.8, 4) is 0 Å². The zero-order valence-corrected chi connectivity index (χ0v) is 18.1. The number of nitrogens with one attached hydrogen (secondary N) is 1. The molecule has 1 heterocycles. The first kappa shape index (κ1) is 21.1. The van der Waals surface area contributed by atoms with Crippen LogP contribution in [0.15, 0.2) is 58.6 Å². The zero-order chi connectivity index (χ0) is 20.8. The summed E-state index contributed by atoms with van der Waals surface area (Å²) in [6.07, 6.45) is 1.92. The number of ketones is 1. The number of Topliss-reactive ketones (excluding diaryl/α,β-unsaturated/α-hetero) is 1. The van der Waals surface area contributed by atoms with Crippen LogP contribution in [0.5, 0.6) is 0 Å². The van der Waals surface area contributed by atoms with E-state index in [1.807, 2.05) is 42.0 Å². The van der Waals surface area contributed by atoms with E-state index in [9.17, 15) is 9.59 Å². The van der Waals surface area contributed by atoms with Crippen LogP contribution >= 0.6 is 23.5 Å². The van der Waals surface area contributed by atoms with Crippen LogP contribution in [-0.4, -0.2) is 38.5 Å². The highest BCUT2D eigenvalue weighted by atomic mass is 32.2. The fraction of sp³-hybridized carbons (Fsp3) is 0.238. The Kier molecular flexibility index (Phi) is 7.11. The van der Waals surface area contributed by atoms with Crippen LogP contribution in [-0.2, 0) is 11.3 Å². The molecule has 3 rings (SSSR count). The molecule has 150 valence electrons. The molecule has 1 N–H and O–H groups in total. The fourth-order valence-electron chi connectivity index (χ4n) is 2.79. The number of hydrogen-bond acceptors (Lipinski definition) is 6. The lowest BCUT2D eigenvalue weighted by molar-refractivity contribution is -0.114. The number of benzene rings is 2. The van der Waals surface area contributed by atoms with Crippen molar-refractivity contribution in [2.45, 2.75) is 30.4 Å². The minimum absolute atomic E-state index is 0.00610. The van der Waals surface area contributed by atoms with Crippen LogP contribution in [0.25, 0.3) is 0 Å². The predicted molar refractivity (Wildman–Crippen MR) is 118 cm³/mol. The molecule has 0 aliphatic rings. The Labute approximate surface area is 178 Å². The number of carbonyl (C=O) groups excluding carboxylic acids is 2. The number of rotatable bonds is 8. The number of thioether (sulfide) groups is 2. The van der Waals surface area contributed by atoms with Crippen LogP contribution < -0.4 is 5.32 Å². The molecule has 0 fully saturated rings. The molecule has 6 nitrogen and oxygen atoms in total. The standard InChI is InChI=1S/C21H22N4O2S2/c1-14-23-24-21(25(14)12-16-7-5-4-6-8-16)29-13-19(27)17-9-10-18(22-15(2)26)20(11-17)28-3/h4-11H,12-13H2,1-3H3,(H,22,26). The third-order valence-electron chi connectivity index (χ3n) is 4.25. The van der Waals surface area contributed by atoms with E-state index in [1.54, 1.807) is 12.1 Å². The van der Waals surface area contributed by atoms with Crippen molar-refractivity contribution in [1.29, 1.82) is 0 Å². The molecule has 8 heteroatoms. The van der Waals surface area contributed by atoms with Gasteiger partial charge in [-0.25, -0.2) is 0 Å². The van der Waals surface area contributed by atoms with Gasteiger partial charge in [0.05, 0.1) is 18.0 Å². The number of amides is 1. The van der Waals surface area contributed by atoms with E-state index in [0.29, 0.717) is 17.8 Å². The van der Waals surface area contributed by atoms with Crippen LogP contribution in [0.3, 0.4) is 0 Å². The minimum Gasteiger partial charge on any atom is -0.325 e. The van der Waals surface area contributed by atoms with Gasteiger partial charge in [0, 0.05) is 17.4 Å². The molecule has 0 atom stereocenters. The first-order valence-electron chi connectivity index (χ1n) is 9.03. The van der Waals surface area contributed by atoms with Gasteiger partial charge in [-0.05, 0) is 36.9 Å². The maximum absolute atomic E-state index is 12.7. The highest BCUT2D eigenvalue weighted by Gasteiger charge is 2.15. The number of nitrogens with zero attached hydrogens (tertiary/aromatic N) is 3. The van der Waals surface area contributed by atoms with Crippen molar-refractivity contribution >= 4 is 40.9 Å². The van der Waals surface area contributed by atoms with Gasteiger partial charge in [-0.2, -0.15) is 0 Å². The molecular formula is C21H22N4O2S2. The molecule has 0 spiro atoms. The van der Waals surface area contributed by atoms with Crippen molar-refractivity contribution < 1.29 is 9.59 Å². The van der Waals surface area contributed by atoms with Crippen molar-refractivity contribution in [3.05, 3.63) is 65.5 Å². The van der Waals surface area contributed by atoms with Gasteiger partial charge in [-0.1, -0.05) is 42.1 Å². The van der Waals surface area contributed by atoms with Gasteiger partial charge >= 0.3 is 0 Å². The molecule has 0 aliphatic carbocycles. The lowest BCUT2D eigenvalue weighted by Crippen LogP contribution is -2.09. The van der Waals surface area contributed by atoms with Gasteiger partial charge in [0.1, 0.15) is 5.82 Å². The normalized spacial score (nSPS) is 10.7. The van der Waals surface area contributed by atoms with Gasteiger partial charge < -0.3 is 9.88 Å². The van der Waals surface area contributed by atoms with Gasteiger partial charge in [0.15, 0.2) is 10.9 Å². The first-order chi connectivity index (χ1) is 14.0. The average Bonchev–Trinajstić information content (AvgIpc) is 3.06. The molecule has 29 heavy (non-hydrogen) atoms. The quantitative estimate of drug-likeness (QED) is 0.428. The maximum atomic E-state index is 12.7. The monoisotopic (exact) mass is 426 g/mol. The Morgan fingerprint density at radius 1 is 1.10 bits per heavy atom. The zero-order valence-electron chi connectivity index (χ0n) is 16.5. The Morgan fingerprint density at radius 3 is 2.55 bits per heavy atom. The number of hydrogen-bond donors (Lipinski definition) is 1. The summed E-state index contributed by atoms with van der Waals surface area (Å²) < 4.78 is 2.01. The molecule has 1 aromatic heterocycles. The number of carbonyl (C=O) groups is 2. The van der Waals surface area contributed by atoms with E-state index < -0.39 is 0 Å². The van der Waals surface area contributed by atoms with E-state index in [2.05, 4.69) is 27.6 Å². The molecule has 0 saturated carbocycles.